The summed E-state index contributed by atoms with van der Waals surface area (Å²) in [6, 6.07) is 0. The lowest BCUT2D eigenvalue weighted by atomic mass is 9.97. The Kier molecular flexibility index (Phi) is 2.41. The lowest BCUT2D eigenvalue weighted by Crippen LogP contribution is -2.16. The highest BCUT2D eigenvalue weighted by Crippen LogP contribution is 2.17. The molecule has 0 amide bonds. The van der Waals surface area contributed by atoms with Crippen molar-refractivity contribution in [2.75, 3.05) is 0 Å². The molecule has 0 saturated heterocycles. The number of carbonyl (C=O) groups excluding carboxylic acids is 1. The number of rotatable bonds is 2. The minimum absolute atomic E-state index is 0.476. The van der Waals surface area contributed by atoms with E-state index in [1.54, 1.807) is 6.08 Å². The third-order valence-electron chi connectivity index (χ3n) is 1.78. The molecule has 0 spiro atoms. The van der Waals surface area contributed by atoms with E-state index in [4.69, 9.17) is 5.11 Å². The summed E-state index contributed by atoms with van der Waals surface area (Å²) in [6.07, 6.45) is 5.21. The van der Waals surface area contributed by atoms with Gasteiger partial charge < -0.3 is 5.11 Å². The summed E-state index contributed by atoms with van der Waals surface area (Å²) in [5, 5.41) is 8.34. The molecule has 0 bridgehead atoms. The van der Waals surface area contributed by atoms with Gasteiger partial charge in [-0.25, -0.2) is 4.79 Å². The van der Waals surface area contributed by atoms with Gasteiger partial charge in [0.25, 0.3) is 5.78 Å². The summed E-state index contributed by atoms with van der Waals surface area (Å²) in [5.74, 6) is -2.07. The van der Waals surface area contributed by atoms with Crippen LogP contribution in [0, 0.1) is 0 Å². The first-order valence-electron chi connectivity index (χ1n) is 3.68. The van der Waals surface area contributed by atoms with E-state index >= 15 is 0 Å². The maximum atomic E-state index is 10.8. The molecule has 0 saturated carbocycles. The largest absolute Gasteiger partial charge is 0.475 e. The average molecular weight is 154 g/mol. The number of ketones is 1. The van der Waals surface area contributed by atoms with Gasteiger partial charge in [0.2, 0.25) is 0 Å². The fraction of sp³-hybridized carbons (Fsp3) is 0.500. The quantitative estimate of drug-likeness (QED) is 0.607. The monoisotopic (exact) mass is 154 g/mol. The fourth-order valence-corrected chi connectivity index (χ4v) is 1.18. The van der Waals surface area contributed by atoms with E-state index in [2.05, 4.69) is 0 Å². The predicted molar refractivity (Wildman–Crippen MR) is 39.2 cm³/mol. The van der Waals surface area contributed by atoms with Crippen LogP contribution >= 0.6 is 0 Å². The second-order valence-corrected chi connectivity index (χ2v) is 2.61. The molecule has 60 valence electrons. The lowest BCUT2D eigenvalue weighted by molar-refractivity contribution is -0.147. The molecule has 0 aromatic heterocycles. The van der Waals surface area contributed by atoms with E-state index in [9.17, 15) is 9.59 Å². The maximum Gasteiger partial charge on any atom is 0.376 e. The van der Waals surface area contributed by atoms with Crippen molar-refractivity contribution in [2.45, 2.75) is 25.7 Å². The third-order valence-corrected chi connectivity index (χ3v) is 1.78. The molecule has 1 aliphatic rings. The van der Waals surface area contributed by atoms with Crippen LogP contribution < -0.4 is 0 Å². The Balaban J connectivity index is 2.66. The van der Waals surface area contributed by atoms with Crippen molar-refractivity contribution >= 4 is 11.8 Å². The van der Waals surface area contributed by atoms with Crippen molar-refractivity contribution in [2.24, 2.45) is 0 Å². The van der Waals surface area contributed by atoms with Gasteiger partial charge in [0.1, 0.15) is 0 Å². The standard InChI is InChI=1S/C8H10O3/c9-7(8(10)11)6-4-2-1-3-5-6/h4H,1-3,5H2,(H,10,11). The number of hydrogen-bond acceptors (Lipinski definition) is 2. The molecule has 0 aromatic carbocycles. The normalized spacial score (nSPS) is 17.3. The van der Waals surface area contributed by atoms with Crippen LogP contribution in [0.5, 0.6) is 0 Å². The lowest BCUT2D eigenvalue weighted by Gasteiger charge is -2.08. The number of Topliss-reactive ketones (excluding diaryl/α,β-unsaturated/α-hetero) is 1. The number of carboxylic acids is 1. The SMILES string of the molecule is O=C(O)C(=O)C1=CCCCC1. The highest BCUT2D eigenvalue weighted by atomic mass is 16.4. The summed E-state index contributed by atoms with van der Waals surface area (Å²) in [4.78, 5) is 21.0. The fourth-order valence-electron chi connectivity index (χ4n) is 1.18. The molecule has 11 heavy (non-hydrogen) atoms. The molecule has 0 aliphatic heterocycles. The van der Waals surface area contributed by atoms with Crippen molar-refractivity contribution < 1.29 is 14.7 Å². The topological polar surface area (TPSA) is 54.4 Å². The number of carboxylic acid groups (broad SMARTS) is 1. The molecular formula is C8H10O3. The first-order chi connectivity index (χ1) is 5.22. The van der Waals surface area contributed by atoms with Crippen LogP contribution in [0.25, 0.3) is 0 Å². The van der Waals surface area contributed by atoms with Gasteiger partial charge in [-0.3, -0.25) is 4.79 Å². The Morgan fingerprint density at radius 3 is 2.55 bits per heavy atom. The zero-order valence-corrected chi connectivity index (χ0v) is 6.17. The van der Waals surface area contributed by atoms with E-state index in [0.29, 0.717) is 12.0 Å². The van der Waals surface area contributed by atoms with Crippen LogP contribution in [-0.4, -0.2) is 16.9 Å². The van der Waals surface area contributed by atoms with Gasteiger partial charge in [0.15, 0.2) is 0 Å². The van der Waals surface area contributed by atoms with E-state index in [1.165, 1.54) is 0 Å². The van der Waals surface area contributed by atoms with Gasteiger partial charge >= 0.3 is 5.97 Å². The van der Waals surface area contributed by atoms with Crippen LogP contribution in [0.3, 0.4) is 0 Å². The average Bonchev–Trinajstić information content (AvgIpc) is 2.05. The van der Waals surface area contributed by atoms with E-state index < -0.39 is 11.8 Å². The highest BCUT2D eigenvalue weighted by molar-refractivity contribution is 6.39. The van der Waals surface area contributed by atoms with Crippen molar-refractivity contribution in [3.8, 4) is 0 Å². The summed E-state index contributed by atoms with van der Waals surface area (Å²) < 4.78 is 0. The molecule has 0 heterocycles. The van der Waals surface area contributed by atoms with E-state index in [1.807, 2.05) is 0 Å². The van der Waals surface area contributed by atoms with Crippen molar-refractivity contribution in [1.82, 2.24) is 0 Å². The van der Waals surface area contributed by atoms with Gasteiger partial charge in [-0.05, 0) is 25.7 Å². The van der Waals surface area contributed by atoms with Gasteiger partial charge in [-0.2, -0.15) is 0 Å². The van der Waals surface area contributed by atoms with Crippen LogP contribution in [0.4, 0.5) is 0 Å². The Labute approximate surface area is 64.7 Å². The molecule has 1 rings (SSSR count). The first-order valence-corrected chi connectivity index (χ1v) is 3.68. The number of aliphatic carboxylic acids is 1. The Morgan fingerprint density at radius 1 is 1.36 bits per heavy atom. The van der Waals surface area contributed by atoms with Crippen LogP contribution in [0.2, 0.25) is 0 Å². The molecular weight excluding hydrogens is 144 g/mol. The second-order valence-electron chi connectivity index (χ2n) is 2.61. The Bertz CT molecular complexity index is 215. The minimum atomic E-state index is -1.34. The van der Waals surface area contributed by atoms with Crippen LogP contribution in [0.15, 0.2) is 11.6 Å². The molecule has 0 atom stereocenters. The van der Waals surface area contributed by atoms with Gasteiger partial charge in [-0.1, -0.05) is 6.08 Å². The zero-order valence-electron chi connectivity index (χ0n) is 6.17. The van der Waals surface area contributed by atoms with Crippen LogP contribution in [-0.2, 0) is 9.59 Å². The summed E-state index contributed by atoms with van der Waals surface area (Å²) in [6.45, 7) is 0. The molecule has 0 aromatic rings. The van der Waals surface area contributed by atoms with Crippen molar-refractivity contribution in [1.29, 1.82) is 0 Å². The van der Waals surface area contributed by atoms with Gasteiger partial charge in [0, 0.05) is 5.57 Å². The zero-order chi connectivity index (χ0) is 8.27. The molecule has 1 aliphatic carbocycles. The maximum absolute atomic E-state index is 10.8. The minimum Gasteiger partial charge on any atom is -0.475 e. The number of allylic oxidation sites excluding steroid dienone is 1. The Hall–Kier alpha value is -1.12. The molecule has 3 heteroatoms. The molecule has 0 unspecified atom stereocenters. The predicted octanol–water partition coefficient (Wildman–Crippen LogP) is 1.14. The van der Waals surface area contributed by atoms with Crippen molar-refractivity contribution in [3.63, 3.8) is 0 Å². The molecule has 1 N–H and O–H groups in total. The summed E-state index contributed by atoms with van der Waals surface area (Å²) in [7, 11) is 0. The highest BCUT2D eigenvalue weighted by Gasteiger charge is 2.18. The van der Waals surface area contributed by atoms with Gasteiger partial charge in [0.05, 0.1) is 0 Å². The molecule has 3 nitrogen and oxygen atoms in total. The Morgan fingerprint density at radius 2 is 2.09 bits per heavy atom. The second kappa shape index (κ2) is 3.32. The van der Waals surface area contributed by atoms with E-state index in [0.717, 1.165) is 19.3 Å². The molecule has 0 fully saturated rings. The number of hydrogen-bond donors (Lipinski definition) is 1. The summed E-state index contributed by atoms with van der Waals surface area (Å²) >= 11 is 0. The van der Waals surface area contributed by atoms with Gasteiger partial charge in [-0.15, -0.1) is 0 Å². The number of carbonyl (C=O) groups is 2. The van der Waals surface area contributed by atoms with E-state index in [-0.39, 0.29) is 0 Å². The first kappa shape index (κ1) is 7.98. The van der Waals surface area contributed by atoms with Crippen LogP contribution in [0.1, 0.15) is 25.7 Å². The smallest absolute Gasteiger partial charge is 0.376 e. The molecule has 0 radical (unpaired) electrons. The third kappa shape index (κ3) is 1.90. The van der Waals surface area contributed by atoms with Crippen molar-refractivity contribution in [3.05, 3.63) is 11.6 Å². The summed E-state index contributed by atoms with van der Waals surface area (Å²) in [5.41, 5.74) is 0.476.